The number of carboxylic acids is 1. The SMILES string of the molecule is O=C(O)CC(c1cccc(OCC2CC2)c1Cl)C1CC1. The van der Waals surface area contributed by atoms with Gasteiger partial charge in [-0.05, 0) is 55.1 Å². The van der Waals surface area contributed by atoms with Gasteiger partial charge in [0.15, 0.2) is 0 Å². The average Bonchev–Trinajstić information content (AvgIpc) is 3.27. The Labute approximate surface area is 123 Å². The predicted molar refractivity (Wildman–Crippen MR) is 77.4 cm³/mol. The van der Waals surface area contributed by atoms with Gasteiger partial charge in [0.25, 0.3) is 0 Å². The monoisotopic (exact) mass is 294 g/mol. The molecule has 1 aromatic rings. The Morgan fingerprint density at radius 2 is 2.10 bits per heavy atom. The van der Waals surface area contributed by atoms with E-state index in [0.717, 1.165) is 25.0 Å². The number of halogens is 1. The summed E-state index contributed by atoms with van der Waals surface area (Å²) < 4.78 is 5.78. The fourth-order valence-electron chi connectivity index (χ4n) is 2.64. The van der Waals surface area contributed by atoms with Crippen molar-refractivity contribution in [1.29, 1.82) is 0 Å². The number of rotatable bonds is 7. The first-order chi connectivity index (χ1) is 9.65. The molecule has 2 saturated carbocycles. The van der Waals surface area contributed by atoms with E-state index in [9.17, 15) is 4.79 Å². The van der Waals surface area contributed by atoms with Crippen LogP contribution in [0, 0.1) is 11.8 Å². The van der Waals surface area contributed by atoms with Crippen LogP contribution in [0.15, 0.2) is 18.2 Å². The second-order valence-corrected chi connectivity index (χ2v) is 6.33. The molecule has 0 heterocycles. The number of carboxylic acid groups (broad SMARTS) is 1. The molecule has 1 aromatic carbocycles. The number of hydrogen-bond acceptors (Lipinski definition) is 2. The summed E-state index contributed by atoms with van der Waals surface area (Å²) in [6.07, 6.45) is 4.82. The highest BCUT2D eigenvalue weighted by molar-refractivity contribution is 6.32. The van der Waals surface area contributed by atoms with Gasteiger partial charge in [-0.3, -0.25) is 4.79 Å². The van der Waals surface area contributed by atoms with E-state index in [0.29, 0.717) is 22.6 Å². The van der Waals surface area contributed by atoms with Crippen LogP contribution in [-0.4, -0.2) is 17.7 Å². The highest BCUT2D eigenvalue weighted by Gasteiger charge is 2.35. The van der Waals surface area contributed by atoms with Crippen LogP contribution in [-0.2, 0) is 4.79 Å². The fraction of sp³-hybridized carbons (Fsp3) is 0.562. The molecule has 0 bridgehead atoms. The first-order valence-corrected chi connectivity index (χ1v) is 7.66. The second kappa shape index (κ2) is 5.65. The van der Waals surface area contributed by atoms with Crippen molar-refractivity contribution in [2.45, 2.75) is 38.0 Å². The summed E-state index contributed by atoms with van der Waals surface area (Å²) in [5.41, 5.74) is 0.935. The standard InChI is InChI=1S/C16H19ClO3/c17-16-12(13(8-15(18)19)11-6-7-11)2-1-3-14(16)20-9-10-4-5-10/h1-3,10-11,13H,4-9H2,(H,18,19). The summed E-state index contributed by atoms with van der Waals surface area (Å²) in [6, 6.07) is 5.73. The lowest BCUT2D eigenvalue weighted by Crippen LogP contribution is -2.10. The van der Waals surface area contributed by atoms with Crippen LogP contribution in [0.2, 0.25) is 5.02 Å². The number of ether oxygens (including phenoxy) is 1. The van der Waals surface area contributed by atoms with Gasteiger partial charge in [-0.15, -0.1) is 0 Å². The molecule has 0 aliphatic heterocycles. The zero-order chi connectivity index (χ0) is 14.1. The van der Waals surface area contributed by atoms with E-state index in [1.807, 2.05) is 18.2 Å². The Morgan fingerprint density at radius 3 is 2.70 bits per heavy atom. The van der Waals surface area contributed by atoms with Crippen LogP contribution in [0.25, 0.3) is 0 Å². The molecule has 0 spiro atoms. The summed E-state index contributed by atoms with van der Waals surface area (Å²) in [5.74, 6) is 1.09. The third-order valence-electron chi connectivity index (χ3n) is 4.15. The first-order valence-electron chi connectivity index (χ1n) is 7.28. The van der Waals surface area contributed by atoms with Crippen molar-refractivity contribution in [3.8, 4) is 5.75 Å². The summed E-state index contributed by atoms with van der Waals surface area (Å²) in [6.45, 7) is 0.718. The molecule has 108 valence electrons. The molecule has 1 N–H and O–H groups in total. The topological polar surface area (TPSA) is 46.5 Å². The van der Waals surface area contributed by atoms with E-state index in [2.05, 4.69) is 0 Å². The van der Waals surface area contributed by atoms with Gasteiger partial charge in [0.2, 0.25) is 0 Å². The van der Waals surface area contributed by atoms with Crippen molar-refractivity contribution in [3.05, 3.63) is 28.8 Å². The summed E-state index contributed by atoms with van der Waals surface area (Å²) in [4.78, 5) is 11.1. The van der Waals surface area contributed by atoms with Crippen molar-refractivity contribution in [2.24, 2.45) is 11.8 Å². The zero-order valence-electron chi connectivity index (χ0n) is 11.3. The normalized spacial score (nSPS) is 19.6. The lowest BCUT2D eigenvalue weighted by Gasteiger charge is -2.18. The molecule has 1 atom stereocenters. The van der Waals surface area contributed by atoms with Gasteiger partial charge in [0.1, 0.15) is 5.75 Å². The van der Waals surface area contributed by atoms with E-state index in [1.54, 1.807) is 0 Å². The Kier molecular flexibility index (Phi) is 3.88. The summed E-state index contributed by atoms with van der Waals surface area (Å²) in [5, 5.41) is 9.70. The number of carbonyl (C=O) groups is 1. The van der Waals surface area contributed by atoms with Crippen molar-refractivity contribution >= 4 is 17.6 Å². The average molecular weight is 295 g/mol. The fourth-order valence-corrected chi connectivity index (χ4v) is 2.96. The molecule has 3 rings (SSSR count). The molecule has 2 aliphatic rings. The maximum absolute atomic E-state index is 11.1. The van der Waals surface area contributed by atoms with Crippen LogP contribution in [0.1, 0.15) is 43.6 Å². The molecule has 4 heteroatoms. The Balaban J connectivity index is 1.79. The first kappa shape index (κ1) is 13.7. The molecule has 0 saturated heterocycles. The van der Waals surface area contributed by atoms with Gasteiger partial charge in [-0.2, -0.15) is 0 Å². The van der Waals surface area contributed by atoms with Crippen molar-refractivity contribution in [2.75, 3.05) is 6.61 Å². The van der Waals surface area contributed by atoms with Gasteiger partial charge in [0, 0.05) is 0 Å². The van der Waals surface area contributed by atoms with E-state index in [1.165, 1.54) is 12.8 Å². The maximum atomic E-state index is 11.1. The van der Waals surface area contributed by atoms with Crippen LogP contribution in [0.3, 0.4) is 0 Å². The second-order valence-electron chi connectivity index (χ2n) is 5.96. The van der Waals surface area contributed by atoms with Gasteiger partial charge < -0.3 is 9.84 Å². The van der Waals surface area contributed by atoms with Crippen molar-refractivity contribution < 1.29 is 14.6 Å². The molecule has 2 fully saturated rings. The van der Waals surface area contributed by atoms with Crippen LogP contribution in [0.5, 0.6) is 5.75 Å². The number of hydrogen-bond donors (Lipinski definition) is 1. The minimum Gasteiger partial charge on any atom is -0.492 e. The van der Waals surface area contributed by atoms with Gasteiger partial charge >= 0.3 is 5.97 Å². The highest BCUT2D eigenvalue weighted by Crippen LogP contribution is 2.48. The molecular formula is C16H19ClO3. The Hall–Kier alpha value is -1.22. The lowest BCUT2D eigenvalue weighted by atomic mass is 9.91. The van der Waals surface area contributed by atoms with Crippen molar-refractivity contribution in [3.63, 3.8) is 0 Å². The highest BCUT2D eigenvalue weighted by atomic mass is 35.5. The smallest absolute Gasteiger partial charge is 0.303 e. The van der Waals surface area contributed by atoms with Gasteiger partial charge in [-0.1, -0.05) is 23.7 Å². The minimum absolute atomic E-state index is 0.0180. The Bertz CT molecular complexity index is 506. The number of benzene rings is 1. The van der Waals surface area contributed by atoms with Gasteiger partial charge in [0.05, 0.1) is 18.1 Å². The minimum atomic E-state index is -0.762. The van der Waals surface area contributed by atoms with Crippen molar-refractivity contribution in [1.82, 2.24) is 0 Å². The van der Waals surface area contributed by atoms with E-state index < -0.39 is 5.97 Å². The molecule has 2 aliphatic carbocycles. The third-order valence-corrected chi connectivity index (χ3v) is 4.55. The van der Waals surface area contributed by atoms with E-state index >= 15 is 0 Å². The van der Waals surface area contributed by atoms with Crippen LogP contribution >= 0.6 is 11.6 Å². The van der Waals surface area contributed by atoms with Crippen LogP contribution < -0.4 is 4.74 Å². The predicted octanol–water partition coefficient (Wildman–Crippen LogP) is 4.10. The molecule has 20 heavy (non-hydrogen) atoms. The molecular weight excluding hydrogens is 276 g/mol. The summed E-state index contributed by atoms with van der Waals surface area (Å²) >= 11 is 6.44. The molecule has 0 aromatic heterocycles. The zero-order valence-corrected chi connectivity index (χ0v) is 12.1. The number of aliphatic carboxylic acids is 1. The lowest BCUT2D eigenvalue weighted by molar-refractivity contribution is -0.137. The largest absolute Gasteiger partial charge is 0.492 e. The quantitative estimate of drug-likeness (QED) is 0.823. The molecule has 3 nitrogen and oxygen atoms in total. The van der Waals surface area contributed by atoms with Crippen LogP contribution in [0.4, 0.5) is 0 Å². The van der Waals surface area contributed by atoms with E-state index in [4.69, 9.17) is 21.4 Å². The van der Waals surface area contributed by atoms with Gasteiger partial charge in [-0.25, -0.2) is 0 Å². The van der Waals surface area contributed by atoms with E-state index in [-0.39, 0.29) is 12.3 Å². The molecule has 0 amide bonds. The third kappa shape index (κ3) is 3.26. The Morgan fingerprint density at radius 1 is 1.35 bits per heavy atom. The maximum Gasteiger partial charge on any atom is 0.303 e. The molecule has 1 unspecified atom stereocenters. The summed E-state index contributed by atoms with van der Waals surface area (Å²) in [7, 11) is 0. The molecule has 0 radical (unpaired) electrons.